The summed E-state index contributed by atoms with van der Waals surface area (Å²) >= 11 is 0. The Labute approximate surface area is 67.2 Å². The smallest absolute Gasteiger partial charge is 0.328 e. The average molecular weight is 154 g/mol. The quantitative estimate of drug-likeness (QED) is 0.500. The normalized spacial score (nSPS) is 13.4. The number of carboxylic acids is 1. The van der Waals surface area contributed by atoms with Gasteiger partial charge in [0.2, 0.25) is 0 Å². The standard InChI is InChI=1S/C9H14O2/c1-4-7(2)5-8(3)6-9(10)11/h4,6H,5H2,1-3H3,(H,10,11)/b7-4-,8-6+. The Kier molecular flexibility index (Phi) is 4.27. The summed E-state index contributed by atoms with van der Waals surface area (Å²) in [7, 11) is 0. The van der Waals surface area contributed by atoms with Gasteiger partial charge in [-0.1, -0.05) is 17.2 Å². The van der Waals surface area contributed by atoms with Gasteiger partial charge in [-0.25, -0.2) is 4.79 Å². The van der Waals surface area contributed by atoms with Crippen LogP contribution in [0.5, 0.6) is 0 Å². The minimum absolute atomic E-state index is 0.753. The van der Waals surface area contributed by atoms with Gasteiger partial charge in [-0.2, -0.15) is 0 Å². The molecule has 0 spiro atoms. The fourth-order valence-electron chi connectivity index (χ4n) is 0.804. The molecular formula is C9H14O2. The van der Waals surface area contributed by atoms with Crippen LogP contribution in [-0.2, 0) is 4.79 Å². The summed E-state index contributed by atoms with van der Waals surface area (Å²) in [5, 5.41) is 8.37. The van der Waals surface area contributed by atoms with E-state index in [2.05, 4.69) is 0 Å². The SMILES string of the molecule is C/C=C(/C)C/C(C)=C/C(=O)O. The van der Waals surface area contributed by atoms with Crippen molar-refractivity contribution in [2.45, 2.75) is 27.2 Å². The van der Waals surface area contributed by atoms with Crippen molar-refractivity contribution in [1.29, 1.82) is 0 Å². The lowest BCUT2D eigenvalue weighted by molar-refractivity contribution is -0.131. The van der Waals surface area contributed by atoms with Crippen LogP contribution in [0.1, 0.15) is 27.2 Å². The molecule has 0 aromatic carbocycles. The molecule has 0 rings (SSSR count). The van der Waals surface area contributed by atoms with Gasteiger partial charge in [0.05, 0.1) is 0 Å². The number of hydrogen-bond donors (Lipinski definition) is 1. The monoisotopic (exact) mass is 154 g/mol. The lowest BCUT2D eigenvalue weighted by Gasteiger charge is -1.98. The van der Waals surface area contributed by atoms with Crippen LogP contribution in [0.25, 0.3) is 0 Å². The molecule has 0 bridgehead atoms. The van der Waals surface area contributed by atoms with Crippen molar-refractivity contribution in [2.24, 2.45) is 0 Å². The second kappa shape index (κ2) is 4.72. The molecule has 0 unspecified atom stereocenters. The number of aliphatic carboxylic acids is 1. The Morgan fingerprint density at radius 1 is 1.36 bits per heavy atom. The van der Waals surface area contributed by atoms with Crippen LogP contribution in [0.3, 0.4) is 0 Å². The van der Waals surface area contributed by atoms with E-state index in [0.29, 0.717) is 0 Å². The summed E-state index contributed by atoms with van der Waals surface area (Å²) in [6.07, 6.45) is 3.98. The van der Waals surface area contributed by atoms with Gasteiger partial charge in [-0.15, -0.1) is 0 Å². The van der Waals surface area contributed by atoms with Gasteiger partial charge in [0.25, 0.3) is 0 Å². The second-order valence-electron chi connectivity index (χ2n) is 2.64. The molecule has 0 fully saturated rings. The van der Waals surface area contributed by atoms with Crippen molar-refractivity contribution in [1.82, 2.24) is 0 Å². The Morgan fingerprint density at radius 3 is 2.27 bits per heavy atom. The molecule has 0 aromatic heterocycles. The zero-order valence-electron chi connectivity index (χ0n) is 7.22. The maximum Gasteiger partial charge on any atom is 0.328 e. The number of carboxylic acid groups (broad SMARTS) is 1. The molecule has 0 saturated carbocycles. The van der Waals surface area contributed by atoms with E-state index in [0.717, 1.165) is 12.0 Å². The van der Waals surface area contributed by atoms with Crippen molar-refractivity contribution >= 4 is 5.97 Å². The topological polar surface area (TPSA) is 37.3 Å². The van der Waals surface area contributed by atoms with Gasteiger partial charge >= 0.3 is 5.97 Å². The lowest BCUT2D eigenvalue weighted by Crippen LogP contribution is -1.90. The molecule has 11 heavy (non-hydrogen) atoms. The summed E-state index contributed by atoms with van der Waals surface area (Å²) in [6.45, 7) is 5.75. The van der Waals surface area contributed by atoms with E-state index in [-0.39, 0.29) is 0 Å². The van der Waals surface area contributed by atoms with Gasteiger partial charge in [-0.05, 0) is 27.2 Å². The minimum Gasteiger partial charge on any atom is -0.478 e. The molecule has 0 amide bonds. The number of rotatable bonds is 3. The fourth-order valence-corrected chi connectivity index (χ4v) is 0.804. The number of allylic oxidation sites excluding steroid dienone is 3. The van der Waals surface area contributed by atoms with Crippen LogP contribution < -0.4 is 0 Å². The average Bonchev–Trinajstić information content (AvgIpc) is 1.85. The first kappa shape index (κ1) is 9.95. The lowest BCUT2D eigenvalue weighted by atomic mass is 10.1. The summed E-state index contributed by atoms with van der Waals surface area (Å²) in [6, 6.07) is 0. The predicted octanol–water partition coefficient (Wildman–Crippen LogP) is 2.37. The van der Waals surface area contributed by atoms with E-state index in [1.54, 1.807) is 0 Å². The van der Waals surface area contributed by atoms with Crippen LogP contribution >= 0.6 is 0 Å². The van der Waals surface area contributed by atoms with E-state index in [9.17, 15) is 4.79 Å². The first-order chi connectivity index (χ1) is 5.06. The molecule has 0 aliphatic rings. The molecule has 2 nitrogen and oxygen atoms in total. The van der Waals surface area contributed by atoms with E-state index >= 15 is 0 Å². The fraction of sp³-hybridized carbons (Fsp3) is 0.444. The summed E-state index contributed by atoms with van der Waals surface area (Å²) < 4.78 is 0. The summed E-state index contributed by atoms with van der Waals surface area (Å²) in [4.78, 5) is 10.2. The van der Waals surface area contributed by atoms with Crippen LogP contribution in [0.2, 0.25) is 0 Å². The van der Waals surface area contributed by atoms with E-state index < -0.39 is 5.97 Å². The zero-order valence-corrected chi connectivity index (χ0v) is 7.22. The summed E-state index contributed by atoms with van der Waals surface area (Å²) in [5.74, 6) is -0.869. The van der Waals surface area contributed by atoms with E-state index in [1.807, 2.05) is 26.8 Å². The van der Waals surface area contributed by atoms with Crippen LogP contribution in [0, 0.1) is 0 Å². The van der Waals surface area contributed by atoms with Crippen molar-refractivity contribution in [2.75, 3.05) is 0 Å². The van der Waals surface area contributed by atoms with Gasteiger partial charge in [0.15, 0.2) is 0 Å². The molecule has 62 valence electrons. The van der Waals surface area contributed by atoms with Gasteiger partial charge in [0.1, 0.15) is 0 Å². The van der Waals surface area contributed by atoms with Gasteiger partial charge in [0, 0.05) is 6.08 Å². The Morgan fingerprint density at radius 2 is 1.91 bits per heavy atom. The Hall–Kier alpha value is -1.05. The molecule has 0 aliphatic heterocycles. The zero-order chi connectivity index (χ0) is 8.85. The molecule has 0 heterocycles. The second-order valence-corrected chi connectivity index (χ2v) is 2.64. The molecule has 2 heteroatoms. The molecule has 0 aliphatic carbocycles. The molecule has 1 N–H and O–H groups in total. The maximum absolute atomic E-state index is 10.2. The Balaban J connectivity index is 4.07. The van der Waals surface area contributed by atoms with Crippen molar-refractivity contribution in [3.8, 4) is 0 Å². The first-order valence-corrected chi connectivity index (χ1v) is 3.58. The van der Waals surface area contributed by atoms with Crippen LogP contribution in [0.15, 0.2) is 23.3 Å². The van der Waals surface area contributed by atoms with Crippen LogP contribution in [-0.4, -0.2) is 11.1 Å². The number of hydrogen-bond acceptors (Lipinski definition) is 1. The third-order valence-electron chi connectivity index (χ3n) is 1.42. The largest absolute Gasteiger partial charge is 0.478 e. The molecular weight excluding hydrogens is 140 g/mol. The molecule has 0 atom stereocenters. The van der Waals surface area contributed by atoms with Crippen molar-refractivity contribution in [3.63, 3.8) is 0 Å². The third kappa shape index (κ3) is 5.40. The third-order valence-corrected chi connectivity index (χ3v) is 1.42. The van der Waals surface area contributed by atoms with Gasteiger partial charge < -0.3 is 5.11 Å². The van der Waals surface area contributed by atoms with E-state index in [4.69, 9.17) is 5.11 Å². The van der Waals surface area contributed by atoms with Crippen molar-refractivity contribution < 1.29 is 9.90 Å². The highest BCUT2D eigenvalue weighted by Crippen LogP contribution is 2.08. The molecule has 0 saturated heterocycles. The van der Waals surface area contributed by atoms with Crippen molar-refractivity contribution in [3.05, 3.63) is 23.3 Å². The molecule has 0 radical (unpaired) electrons. The predicted molar refractivity (Wildman–Crippen MR) is 45.4 cm³/mol. The number of carbonyl (C=O) groups is 1. The van der Waals surface area contributed by atoms with E-state index in [1.165, 1.54) is 11.6 Å². The summed E-state index contributed by atoms with van der Waals surface area (Å²) in [5.41, 5.74) is 2.08. The maximum atomic E-state index is 10.2. The highest BCUT2D eigenvalue weighted by molar-refractivity contribution is 5.80. The Bertz CT molecular complexity index is 200. The first-order valence-electron chi connectivity index (χ1n) is 3.58. The highest BCUT2D eigenvalue weighted by atomic mass is 16.4. The van der Waals surface area contributed by atoms with Crippen LogP contribution in [0.4, 0.5) is 0 Å². The molecule has 0 aromatic rings. The minimum atomic E-state index is -0.869. The highest BCUT2D eigenvalue weighted by Gasteiger charge is 1.94. The van der Waals surface area contributed by atoms with Gasteiger partial charge in [-0.3, -0.25) is 0 Å².